The van der Waals surface area contributed by atoms with Crippen LogP contribution in [0, 0.1) is 0 Å². The third-order valence-electron chi connectivity index (χ3n) is 2.74. The Morgan fingerprint density at radius 2 is 2.33 bits per heavy atom. The van der Waals surface area contributed by atoms with Gasteiger partial charge in [0.1, 0.15) is 0 Å². The van der Waals surface area contributed by atoms with E-state index in [1.54, 1.807) is 40.6 Å². The zero-order chi connectivity index (χ0) is 12.5. The van der Waals surface area contributed by atoms with E-state index in [0.29, 0.717) is 5.02 Å². The predicted molar refractivity (Wildman–Crippen MR) is 71.5 cm³/mol. The van der Waals surface area contributed by atoms with Crippen LogP contribution in [0.4, 0.5) is 0 Å². The van der Waals surface area contributed by atoms with E-state index in [1.807, 2.05) is 11.4 Å². The fourth-order valence-corrected chi connectivity index (χ4v) is 3.14. The fraction of sp³-hybridized carbons (Fsp3) is 0.0909. The molecule has 1 unspecified atom stereocenters. The second-order valence-corrected chi connectivity index (χ2v) is 5.09. The maximum absolute atomic E-state index is 6.15. The number of hydrazine groups is 1. The molecule has 0 bridgehead atoms. The van der Waals surface area contributed by atoms with Crippen molar-refractivity contribution in [1.29, 1.82) is 0 Å². The molecule has 0 aliphatic rings. The molecule has 92 valence electrons. The highest BCUT2D eigenvalue weighted by Gasteiger charge is 2.20. The molecule has 5 nitrogen and oxygen atoms in total. The molecular formula is C11H10ClN5S. The zero-order valence-electron chi connectivity index (χ0n) is 9.25. The second kappa shape index (κ2) is 4.66. The fourth-order valence-electron chi connectivity index (χ4n) is 1.89. The van der Waals surface area contributed by atoms with Gasteiger partial charge in [-0.25, -0.2) is 9.94 Å². The first-order valence-corrected chi connectivity index (χ1v) is 6.53. The summed E-state index contributed by atoms with van der Waals surface area (Å²) in [6.45, 7) is 0. The zero-order valence-corrected chi connectivity index (χ0v) is 10.8. The van der Waals surface area contributed by atoms with Gasteiger partial charge in [0.2, 0.25) is 0 Å². The maximum Gasteiger partial charge on any atom is 0.0896 e. The first kappa shape index (κ1) is 11.6. The Balaban J connectivity index is 2.15. The van der Waals surface area contributed by atoms with Gasteiger partial charge in [-0.1, -0.05) is 11.6 Å². The van der Waals surface area contributed by atoms with E-state index in [4.69, 9.17) is 17.4 Å². The van der Waals surface area contributed by atoms with Crippen LogP contribution in [0.5, 0.6) is 0 Å². The normalized spacial score (nSPS) is 13.0. The Kier molecular flexibility index (Phi) is 3.00. The second-order valence-electron chi connectivity index (χ2n) is 3.74. The number of aromatic nitrogens is 3. The van der Waals surface area contributed by atoms with Crippen LogP contribution in [0.3, 0.4) is 0 Å². The summed E-state index contributed by atoms with van der Waals surface area (Å²) in [5, 5.41) is 6.91. The van der Waals surface area contributed by atoms with Crippen LogP contribution in [-0.2, 0) is 0 Å². The van der Waals surface area contributed by atoms with Crippen molar-refractivity contribution < 1.29 is 0 Å². The topological polar surface area (TPSA) is 68.2 Å². The van der Waals surface area contributed by atoms with E-state index in [0.717, 1.165) is 16.0 Å². The van der Waals surface area contributed by atoms with Crippen LogP contribution in [0.15, 0.2) is 36.2 Å². The summed E-state index contributed by atoms with van der Waals surface area (Å²) >= 11 is 7.71. The van der Waals surface area contributed by atoms with E-state index < -0.39 is 0 Å². The number of fused-ring (bicyclic) bond motifs is 1. The monoisotopic (exact) mass is 279 g/mol. The smallest absolute Gasteiger partial charge is 0.0896 e. The lowest BCUT2D eigenvalue weighted by atomic mass is 10.1. The van der Waals surface area contributed by atoms with Crippen LogP contribution < -0.4 is 11.3 Å². The summed E-state index contributed by atoms with van der Waals surface area (Å²) < 4.78 is 1.76. The van der Waals surface area contributed by atoms with Gasteiger partial charge in [-0.2, -0.15) is 5.10 Å². The highest BCUT2D eigenvalue weighted by Crippen LogP contribution is 2.33. The van der Waals surface area contributed by atoms with Crippen LogP contribution in [0.25, 0.3) is 5.52 Å². The van der Waals surface area contributed by atoms with Crippen molar-refractivity contribution in [2.75, 3.05) is 0 Å². The number of rotatable bonds is 3. The molecule has 3 aromatic heterocycles. The predicted octanol–water partition coefficient (Wildman–Crippen LogP) is 2.00. The van der Waals surface area contributed by atoms with Gasteiger partial charge in [0.25, 0.3) is 0 Å². The van der Waals surface area contributed by atoms with Gasteiger partial charge < -0.3 is 0 Å². The number of halogens is 1. The standard InChI is InChI=1S/C11H10ClN5S/c12-8-1-4-18-11(8)10(16-13)7-5-15-17-3-2-14-6-9(7)17/h1-6,10,16H,13H2. The SMILES string of the molecule is NNC(c1sccc1Cl)c1cnn2ccncc12. The number of nitrogens with one attached hydrogen (secondary N) is 1. The van der Waals surface area contributed by atoms with Gasteiger partial charge in [-0.3, -0.25) is 10.8 Å². The minimum Gasteiger partial charge on any atom is -0.271 e. The minimum atomic E-state index is -0.181. The van der Waals surface area contributed by atoms with Gasteiger partial charge in [-0.05, 0) is 11.4 Å². The third kappa shape index (κ3) is 1.79. The molecule has 0 saturated carbocycles. The summed E-state index contributed by atoms with van der Waals surface area (Å²) in [7, 11) is 0. The van der Waals surface area contributed by atoms with Crippen molar-refractivity contribution in [3.63, 3.8) is 0 Å². The van der Waals surface area contributed by atoms with Crippen molar-refractivity contribution in [1.82, 2.24) is 20.0 Å². The van der Waals surface area contributed by atoms with E-state index in [1.165, 1.54) is 0 Å². The lowest BCUT2D eigenvalue weighted by Crippen LogP contribution is -2.28. The quantitative estimate of drug-likeness (QED) is 0.568. The van der Waals surface area contributed by atoms with Gasteiger partial charge in [0, 0.05) is 22.8 Å². The van der Waals surface area contributed by atoms with Gasteiger partial charge in [0.15, 0.2) is 0 Å². The molecule has 0 amide bonds. The Bertz CT molecular complexity index is 677. The molecule has 0 fully saturated rings. The Morgan fingerprint density at radius 1 is 1.44 bits per heavy atom. The Hall–Kier alpha value is -1.47. The first-order chi connectivity index (χ1) is 8.81. The number of nitrogens with two attached hydrogens (primary N) is 1. The van der Waals surface area contributed by atoms with Crippen LogP contribution >= 0.6 is 22.9 Å². The number of thiophene rings is 1. The lowest BCUT2D eigenvalue weighted by Gasteiger charge is -2.13. The molecule has 1 atom stereocenters. The molecule has 3 rings (SSSR count). The van der Waals surface area contributed by atoms with Crippen molar-refractivity contribution in [3.8, 4) is 0 Å². The molecule has 3 N–H and O–H groups in total. The van der Waals surface area contributed by atoms with E-state index in [9.17, 15) is 0 Å². The molecular weight excluding hydrogens is 270 g/mol. The summed E-state index contributed by atoms with van der Waals surface area (Å²) in [6, 6.07) is 1.68. The molecule has 0 spiro atoms. The minimum absolute atomic E-state index is 0.181. The Labute approximate surface area is 112 Å². The molecule has 0 aromatic carbocycles. The summed E-state index contributed by atoms with van der Waals surface area (Å²) in [6.07, 6.45) is 7.01. The summed E-state index contributed by atoms with van der Waals surface area (Å²) in [5.74, 6) is 5.66. The molecule has 0 aliphatic heterocycles. The van der Waals surface area contributed by atoms with E-state index in [-0.39, 0.29) is 6.04 Å². The molecule has 0 saturated heterocycles. The third-order valence-corrected chi connectivity index (χ3v) is 4.16. The summed E-state index contributed by atoms with van der Waals surface area (Å²) in [4.78, 5) is 5.08. The van der Waals surface area contributed by atoms with Gasteiger partial charge in [-0.15, -0.1) is 11.3 Å². The molecule has 0 radical (unpaired) electrons. The van der Waals surface area contributed by atoms with Crippen molar-refractivity contribution in [2.24, 2.45) is 5.84 Å². The Morgan fingerprint density at radius 3 is 3.06 bits per heavy atom. The summed E-state index contributed by atoms with van der Waals surface area (Å²) in [5.41, 5.74) is 4.65. The lowest BCUT2D eigenvalue weighted by molar-refractivity contribution is 0.650. The number of hydrogen-bond acceptors (Lipinski definition) is 5. The van der Waals surface area contributed by atoms with E-state index in [2.05, 4.69) is 15.5 Å². The van der Waals surface area contributed by atoms with Crippen LogP contribution in [0.2, 0.25) is 5.02 Å². The van der Waals surface area contributed by atoms with Gasteiger partial charge in [0.05, 0.1) is 29.0 Å². The van der Waals surface area contributed by atoms with Gasteiger partial charge >= 0.3 is 0 Å². The largest absolute Gasteiger partial charge is 0.271 e. The van der Waals surface area contributed by atoms with Crippen LogP contribution in [0.1, 0.15) is 16.5 Å². The highest BCUT2D eigenvalue weighted by molar-refractivity contribution is 7.10. The van der Waals surface area contributed by atoms with E-state index >= 15 is 0 Å². The first-order valence-electron chi connectivity index (χ1n) is 5.27. The average molecular weight is 280 g/mol. The molecule has 18 heavy (non-hydrogen) atoms. The highest BCUT2D eigenvalue weighted by atomic mass is 35.5. The average Bonchev–Trinajstić information content (AvgIpc) is 2.99. The number of hydrogen-bond donors (Lipinski definition) is 2. The molecule has 3 heterocycles. The molecule has 3 aromatic rings. The van der Waals surface area contributed by atoms with Crippen LogP contribution in [-0.4, -0.2) is 14.6 Å². The number of nitrogens with zero attached hydrogens (tertiary/aromatic N) is 3. The molecule has 7 heteroatoms. The maximum atomic E-state index is 6.15. The van der Waals surface area contributed by atoms with Crippen molar-refractivity contribution in [3.05, 3.63) is 51.7 Å². The van der Waals surface area contributed by atoms with Crippen molar-refractivity contribution in [2.45, 2.75) is 6.04 Å². The molecule has 0 aliphatic carbocycles. The van der Waals surface area contributed by atoms with Crippen molar-refractivity contribution >= 4 is 28.5 Å².